The van der Waals surface area contributed by atoms with Gasteiger partial charge in [0.15, 0.2) is 6.29 Å². The van der Waals surface area contributed by atoms with E-state index in [1.54, 1.807) is 7.11 Å². The maximum Gasteiger partial charge on any atom is 0.161 e. The van der Waals surface area contributed by atoms with Crippen LogP contribution < -0.4 is 0 Å². The average molecular weight is 330 g/mol. The third kappa shape index (κ3) is 3.74. The summed E-state index contributed by atoms with van der Waals surface area (Å²) in [5, 5.41) is 0. The lowest BCUT2D eigenvalue weighted by molar-refractivity contribution is -0.213. The Morgan fingerprint density at radius 1 is 1.04 bits per heavy atom. The summed E-state index contributed by atoms with van der Waals surface area (Å²) in [6, 6.07) is 10.3. The zero-order valence-corrected chi connectivity index (χ0v) is 15.2. The molecule has 0 radical (unpaired) electrons. The fourth-order valence-corrected chi connectivity index (χ4v) is 4.12. The quantitative estimate of drug-likeness (QED) is 0.521. The molecule has 0 saturated heterocycles. The Morgan fingerprint density at radius 3 is 2.38 bits per heavy atom. The van der Waals surface area contributed by atoms with Crippen molar-refractivity contribution < 1.29 is 14.2 Å². The highest BCUT2D eigenvalue weighted by Crippen LogP contribution is 2.50. The van der Waals surface area contributed by atoms with Gasteiger partial charge >= 0.3 is 0 Å². The second-order valence-corrected chi connectivity index (χ2v) is 7.33. The van der Waals surface area contributed by atoms with E-state index in [1.165, 1.54) is 12.0 Å². The minimum absolute atomic E-state index is 0.00558. The van der Waals surface area contributed by atoms with E-state index in [2.05, 4.69) is 45.1 Å². The van der Waals surface area contributed by atoms with Gasteiger partial charge in [0.1, 0.15) is 0 Å². The van der Waals surface area contributed by atoms with Gasteiger partial charge in [-0.3, -0.25) is 0 Å². The fourth-order valence-electron chi connectivity index (χ4n) is 4.12. The molecule has 132 valence electrons. The lowest BCUT2D eigenvalue weighted by Crippen LogP contribution is -2.39. The van der Waals surface area contributed by atoms with Gasteiger partial charge in [0.05, 0.1) is 18.8 Å². The molecular formula is C21H30O3. The molecule has 0 aliphatic heterocycles. The van der Waals surface area contributed by atoms with Gasteiger partial charge in [-0.05, 0) is 43.6 Å². The molecule has 0 amide bonds. The van der Waals surface area contributed by atoms with E-state index in [1.807, 2.05) is 18.2 Å². The van der Waals surface area contributed by atoms with Gasteiger partial charge in [0.2, 0.25) is 0 Å². The SMILES string of the molecule is CO[C@@H](O[C@H](C)[C@H](C)OCc1ccccc1)[C@@H]1[C@@H](C)[C@@H]2C=C[C@H]1C2. The molecular weight excluding hydrogens is 300 g/mol. The third-order valence-electron chi connectivity index (χ3n) is 5.84. The second kappa shape index (κ2) is 7.81. The van der Waals surface area contributed by atoms with Crippen LogP contribution in [-0.2, 0) is 20.8 Å². The molecule has 3 rings (SSSR count). The van der Waals surface area contributed by atoms with E-state index in [0.29, 0.717) is 30.3 Å². The van der Waals surface area contributed by atoms with E-state index in [0.717, 1.165) is 0 Å². The summed E-state index contributed by atoms with van der Waals surface area (Å²) in [5.41, 5.74) is 1.19. The molecule has 1 aromatic rings. The monoisotopic (exact) mass is 330 g/mol. The van der Waals surface area contributed by atoms with Gasteiger partial charge in [0, 0.05) is 13.0 Å². The summed E-state index contributed by atoms with van der Waals surface area (Å²) in [5.74, 6) is 2.37. The van der Waals surface area contributed by atoms with Crippen LogP contribution in [0.15, 0.2) is 42.5 Å². The lowest BCUT2D eigenvalue weighted by atomic mass is 9.84. The number of hydrogen-bond donors (Lipinski definition) is 0. The fraction of sp³-hybridized carbons (Fsp3) is 0.619. The van der Waals surface area contributed by atoms with Crippen LogP contribution in [-0.4, -0.2) is 25.6 Å². The Bertz CT molecular complexity index is 541. The molecule has 3 heteroatoms. The number of hydrogen-bond acceptors (Lipinski definition) is 3. The number of rotatable bonds is 8. The first kappa shape index (κ1) is 17.7. The maximum atomic E-state index is 6.28. The largest absolute Gasteiger partial charge is 0.371 e. The van der Waals surface area contributed by atoms with Crippen LogP contribution in [0, 0.1) is 23.7 Å². The number of allylic oxidation sites excluding steroid dienone is 2. The van der Waals surface area contributed by atoms with E-state index in [4.69, 9.17) is 14.2 Å². The highest BCUT2D eigenvalue weighted by molar-refractivity contribution is 5.14. The molecule has 0 aromatic heterocycles. The Morgan fingerprint density at radius 2 is 1.75 bits per heavy atom. The van der Waals surface area contributed by atoms with Crippen molar-refractivity contribution in [2.75, 3.05) is 7.11 Å². The normalized spacial score (nSPS) is 32.0. The van der Waals surface area contributed by atoms with E-state index >= 15 is 0 Å². The molecule has 1 fully saturated rings. The van der Waals surface area contributed by atoms with Crippen molar-refractivity contribution in [1.29, 1.82) is 0 Å². The summed E-state index contributed by atoms with van der Waals surface area (Å²) in [6.07, 6.45) is 5.83. The molecule has 2 aliphatic rings. The van der Waals surface area contributed by atoms with Crippen molar-refractivity contribution >= 4 is 0 Å². The zero-order chi connectivity index (χ0) is 17.1. The Labute approximate surface area is 146 Å². The van der Waals surface area contributed by atoms with Crippen molar-refractivity contribution in [1.82, 2.24) is 0 Å². The molecule has 1 aromatic carbocycles. The molecule has 0 heterocycles. The van der Waals surface area contributed by atoms with Crippen molar-refractivity contribution in [3.05, 3.63) is 48.0 Å². The van der Waals surface area contributed by atoms with Crippen LogP contribution in [0.5, 0.6) is 0 Å². The van der Waals surface area contributed by atoms with Crippen molar-refractivity contribution in [2.24, 2.45) is 23.7 Å². The topological polar surface area (TPSA) is 27.7 Å². The van der Waals surface area contributed by atoms with E-state index < -0.39 is 0 Å². The first-order chi connectivity index (χ1) is 11.6. The predicted octanol–water partition coefficient (Wildman–Crippen LogP) is 4.43. The van der Waals surface area contributed by atoms with Crippen molar-refractivity contribution in [3.8, 4) is 0 Å². The summed E-state index contributed by atoms with van der Waals surface area (Å²) in [7, 11) is 1.76. The van der Waals surface area contributed by atoms with E-state index in [9.17, 15) is 0 Å². The van der Waals surface area contributed by atoms with Crippen LogP contribution in [0.3, 0.4) is 0 Å². The molecule has 0 spiro atoms. The Hall–Kier alpha value is -1.16. The maximum absolute atomic E-state index is 6.28. The van der Waals surface area contributed by atoms with Crippen LogP contribution in [0.2, 0.25) is 0 Å². The molecule has 2 aliphatic carbocycles. The van der Waals surface area contributed by atoms with Crippen LogP contribution in [0.25, 0.3) is 0 Å². The minimum atomic E-state index is -0.155. The smallest absolute Gasteiger partial charge is 0.161 e. The Balaban J connectivity index is 1.52. The number of ether oxygens (including phenoxy) is 3. The van der Waals surface area contributed by atoms with Crippen molar-refractivity contribution in [3.63, 3.8) is 0 Å². The Kier molecular flexibility index (Phi) is 5.75. The number of benzene rings is 1. The highest BCUT2D eigenvalue weighted by Gasteiger charge is 2.46. The van der Waals surface area contributed by atoms with E-state index in [-0.39, 0.29) is 18.5 Å². The zero-order valence-electron chi connectivity index (χ0n) is 15.2. The lowest BCUT2D eigenvalue weighted by Gasteiger charge is -2.34. The minimum Gasteiger partial charge on any atom is -0.371 e. The first-order valence-corrected chi connectivity index (χ1v) is 9.12. The molecule has 7 atom stereocenters. The summed E-state index contributed by atoms with van der Waals surface area (Å²) in [4.78, 5) is 0. The van der Waals surface area contributed by atoms with Crippen molar-refractivity contribution in [2.45, 2.75) is 52.3 Å². The van der Waals surface area contributed by atoms with Crippen LogP contribution in [0.4, 0.5) is 0 Å². The third-order valence-corrected chi connectivity index (χ3v) is 5.84. The van der Waals surface area contributed by atoms with Gasteiger partial charge in [0.25, 0.3) is 0 Å². The predicted molar refractivity (Wildman–Crippen MR) is 95.4 cm³/mol. The number of methoxy groups -OCH3 is 1. The molecule has 1 saturated carbocycles. The summed E-state index contributed by atoms with van der Waals surface area (Å²) >= 11 is 0. The molecule has 0 unspecified atom stereocenters. The summed E-state index contributed by atoms with van der Waals surface area (Å²) < 4.78 is 18.0. The standard InChI is InChI=1S/C21H30O3/c1-14-18-10-11-19(12-18)20(14)21(22-4)24-16(3)15(2)23-13-17-8-6-5-7-9-17/h5-11,14-16,18-21H,12-13H2,1-4H3/t14-,15-,16+,18+,19-,20+,21-/m0/s1. The van der Waals surface area contributed by atoms with Gasteiger partial charge in [-0.1, -0.05) is 49.4 Å². The average Bonchev–Trinajstić information content (AvgIpc) is 3.20. The molecule has 2 bridgehead atoms. The molecule has 0 N–H and O–H groups in total. The van der Waals surface area contributed by atoms with Crippen LogP contribution in [0.1, 0.15) is 32.8 Å². The first-order valence-electron chi connectivity index (χ1n) is 9.12. The highest BCUT2D eigenvalue weighted by atomic mass is 16.7. The summed E-state index contributed by atoms with van der Waals surface area (Å²) in [6.45, 7) is 7.09. The van der Waals surface area contributed by atoms with Gasteiger partial charge in [-0.2, -0.15) is 0 Å². The van der Waals surface area contributed by atoms with Gasteiger partial charge in [-0.25, -0.2) is 0 Å². The number of fused-ring (bicyclic) bond motifs is 2. The molecule has 24 heavy (non-hydrogen) atoms. The molecule has 3 nitrogen and oxygen atoms in total. The van der Waals surface area contributed by atoms with Gasteiger partial charge < -0.3 is 14.2 Å². The van der Waals surface area contributed by atoms with Crippen LogP contribution >= 0.6 is 0 Å². The van der Waals surface area contributed by atoms with Gasteiger partial charge in [-0.15, -0.1) is 0 Å². The second-order valence-electron chi connectivity index (χ2n) is 7.33.